The van der Waals surface area contributed by atoms with E-state index in [1.165, 1.54) is 7.11 Å². The second-order valence-electron chi connectivity index (χ2n) is 1.41. The average molecular weight is 130 g/mol. The molecule has 9 heavy (non-hydrogen) atoms. The molecule has 52 valence electrons. The summed E-state index contributed by atoms with van der Waals surface area (Å²) in [4.78, 5) is 0. The molecule has 0 radical (unpaired) electrons. The first-order valence-corrected chi connectivity index (χ1v) is 2.52. The van der Waals surface area contributed by atoms with Crippen LogP contribution in [0.2, 0.25) is 0 Å². The number of rotatable bonds is 4. The zero-order valence-corrected chi connectivity index (χ0v) is 5.33. The van der Waals surface area contributed by atoms with Gasteiger partial charge in [0.1, 0.15) is 12.9 Å². The molecule has 0 aromatic carbocycles. The van der Waals surface area contributed by atoms with E-state index in [9.17, 15) is 0 Å². The lowest BCUT2D eigenvalue weighted by atomic mass is 10.4. The Kier molecular flexibility index (Phi) is 5.23. The lowest BCUT2D eigenvalue weighted by Gasteiger charge is -2.06. The van der Waals surface area contributed by atoms with Gasteiger partial charge in [0.25, 0.3) is 0 Å². The van der Waals surface area contributed by atoms with Crippen molar-refractivity contribution in [3.05, 3.63) is 0 Å². The van der Waals surface area contributed by atoms with Crippen molar-refractivity contribution >= 4 is 0 Å². The summed E-state index contributed by atoms with van der Waals surface area (Å²) in [7, 11) is 1.49. The van der Waals surface area contributed by atoms with Gasteiger partial charge in [-0.05, 0) is 0 Å². The van der Waals surface area contributed by atoms with Crippen molar-refractivity contribution in [1.29, 1.82) is 0 Å². The van der Waals surface area contributed by atoms with Gasteiger partial charge in [0.2, 0.25) is 0 Å². The fraction of sp³-hybridized carbons (Fsp3) is 0.667. The van der Waals surface area contributed by atoms with Crippen LogP contribution in [-0.4, -0.2) is 31.7 Å². The van der Waals surface area contributed by atoms with Gasteiger partial charge in [-0.3, -0.25) is 0 Å². The molecule has 0 aliphatic rings. The summed E-state index contributed by atoms with van der Waals surface area (Å²) >= 11 is 0. The van der Waals surface area contributed by atoms with Crippen molar-refractivity contribution in [3.63, 3.8) is 0 Å². The Labute approximate surface area is 54.6 Å². The molecular weight excluding hydrogens is 120 g/mol. The van der Waals surface area contributed by atoms with Gasteiger partial charge in [-0.1, -0.05) is 5.92 Å². The molecule has 0 bridgehead atoms. The Bertz CT molecular complexity index is 95.0. The molecule has 0 heterocycles. The maximum Gasteiger partial charge on any atom is 0.148 e. The van der Waals surface area contributed by atoms with Crippen LogP contribution in [0.5, 0.6) is 0 Å². The van der Waals surface area contributed by atoms with Crippen LogP contribution >= 0.6 is 0 Å². The van der Waals surface area contributed by atoms with Gasteiger partial charge in [-0.25, -0.2) is 0 Å². The second kappa shape index (κ2) is 5.57. The number of aliphatic hydroxyl groups is 1. The topological polar surface area (TPSA) is 38.7 Å². The molecular formula is C6H10O3. The standard InChI is InChI=1S/C6H10O3/c1-3-6(4-7)9-5-8-2/h1,6-7H,4-5H2,2H3/t6-/m1/s1. The smallest absolute Gasteiger partial charge is 0.148 e. The highest BCUT2D eigenvalue weighted by Crippen LogP contribution is 1.86. The molecule has 1 atom stereocenters. The molecule has 1 N–H and O–H groups in total. The molecule has 0 aliphatic heterocycles. The predicted molar refractivity (Wildman–Crippen MR) is 32.7 cm³/mol. The van der Waals surface area contributed by atoms with E-state index in [0.717, 1.165) is 0 Å². The summed E-state index contributed by atoms with van der Waals surface area (Å²) in [5.74, 6) is 2.23. The Hall–Kier alpha value is -0.560. The van der Waals surface area contributed by atoms with E-state index < -0.39 is 6.10 Å². The minimum Gasteiger partial charge on any atom is -0.393 e. The van der Waals surface area contributed by atoms with Gasteiger partial charge in [0, 0.05) is 7.11 Å². The summed E-state index contributed by atoms with van der Waals surface area (Å²) in [6.45, 7) is -0.0463. The first-order valence-electron chi connectivity index (χ1n) is 2.52. The predicted octanol–water partition coefficient (Wildman–Crippen LogP) is -0.399. The summed E-state index contributed by atoms with van der Waals surface area (Å²) in [6, 6.07) is 0. The van der Waals surface area contributed by atoms with Crippen molar-refractivity contribution in [2.24, 2.45) is 0 Å². The first kappa shape index (κ1) is 8.44. The highest BCUT2D eigenvalue weighted by Gasteiger charge is 1.99. The maximum atomic E-state index is 8.43. The van der Waals surface area contributed by atoms with E-state index in [2.05, 4.69) is 10.7 Å². The van der Waals surface area contributed by atoms with Gasteiger partial charge in [0.15, 0.2) is 0 Å². The highest BCUT2D eigenvalue weighted by molar-refractivity contribution is 4.93. The van der Waals surface area contributed by atoms with Gasteiger partial charge in [-0.15, -0.1) is 6.42 Å². The summed E-state index contributed by atoms with van der Waals surface area (Å²) in [5.41, 5.74) is 0. The van der Waals surface area contributed by atoms with Crippen LogP contribution in [0, 0.1) is 12.3 Å². The van der Waals surface area contributed by atoms with Crippen LogP contribution in [0.15, 0.2) is 0 Å². The van der Waals surface area contributed by atoms with Gasteiger partial charge >= 0.3 is 0 Å². The van der Waals surface area contributed by atoms with Gasteiger partial charge in [-0.2, -0.15) is 0 Å². The van der Waals surface area contributed by atoms with Crippen molar-refractivity contribution in [3.8, 4) is 12.3 Å². The molecule has 0 saturated carbocycles. The number of ether oxygens (including phenoxy) is 2. The van der Waals surface area contributed by atoms with Crippen LogP contribution in [0.3, 0.4) is 0 Å². The molecule has 0 aliphatic carbocycles. The normalized spacial score (nSPS) is 12.6. The van der Waals surface area contributed by atoms with E-state index in [-0.39, 0.29) is 13.4 Å². The van der Waals surface area contributed by atoms with Crippen LogP contribution in [0.1, 0.15) is 0 Å². The zero-order valence-electron chi connectivity index (χ0n) is 5.33. The molecule has 0 rings (SSSR count). The Balaban J connectivity index is 3.23. The first-order chi connectivity index (χ1) is 4.35. The number of hydrogen-bond acceptors (Lipinski definition) is 3. The number of hydrogen-bond donors (Lipinski definition) is 1. The second-order valence-corrected chi connectivity index (χ2v) is 1.41. The quantitative estimate of drug-likeness (QED) is 0.415. The van der Waals surface area contributed by atoms with Crippen molar-refractivity contribution in [2.45, 2.75) is 6.10 Å². The minimum atomic E-state index is -0.537. The van der Waals surface area contributed by atoms with Crippen LogP contribution in [-0.2, 0) is 9.47 Å². The highest BCUT2D eigenvalue weighted by atomic mass is 16.7. The van der Waals surface area contributed by atoms with E-state index in [1.54, 1.807) is 0 Å². The van der Waals surface area contributed by atoms with E-state index >= 15 is 0 Å². The fourth-order valence-electron chi connectivity index (χ4n) is 0.304. The number of aliphatic hydroxyl groups excluding tert-OH is 1. The van der Waals surface area contributed by atoms with Crippen molar-refractivity contribution in [2.75, 3.05) is 20.5 Å². The molecule has 3 nitrogen and oxygen atoms in total. The lowest BCUT2D eigenvalue weighted by Crippen LogP contribution is -2.16. The zero-order chi connectivity index (χ0) is 7.11. The number of methoxy groups -OCH3 is 1. The largest absolute Gasteiger partial charge is 0.393 e. The molecule has 3 heteroatoms. The third-order valence-electron chi connectivity index (χ3n) is 0.739. The fourth-order valence-corrected chi connectivity index (χ4v) is 0.304. The van der Waals surface area contributed by atoms with Crippen LogP contribution < -0.4 is 0 Å². The van der Waals surface area contributed by atoms with Gasteiger partial charge < -0.3 is 14.6 Å². The molecule has 0 amide bonds. The van der Waals surface area contributed by atoms with E-state index in [1.807, 2.05) is 0 Å². The third kappa shape index (κ3) is 3.98. The molecule has 0 unspecified atom stereocenters. The monoisotopic (exact) mass is 130 g/mol. The molecule has 0 aromatic heterocycles. The van der Waals surface area contributed by atoms with Crippen LogP contribution in [0.4, 0.5) is 0 Å². The van der Waals surface area contributed by atoms with Crippen LogP contribution in [0.25, 0.3) is 0 Å². The van der Waals surface area contributed by atoms with Crippen molar-refractivity contribution in [1.82, 2.24) is 0 Å². The third-order valence-corrected chi connectivity index (χ3v) is 0.739. The molecule has 0 spiro atoms. The summed E-state index contributed by atoms with van der Waals surface area (Å²) < 4.78 is 9.33. The Morgan fingerprint density at radius 3 is 2.78 bits per heavy atom. The van der Waals surface area contributed by atoms with Gasteiger partial charge in [0.05, 0.1) is 6.61 Å². The minimum absolute atomic E-state index is 0.120. The Morgan fingerprint density at radius 2 is 2.44 bits per heavy atom. The van der Waals surface area contributed by atoms with Crippen molar-refractivity contribution < 1.29 is 14.6 Å². The van der Waals surface area contributed by atoms with E-state index in [0.29, 0.717) is 0 Å². The summed E-state index contributed by atoms with van der Waals surface area (Å²) in [6.07, 6.45) is 4.40. The molecule has 0 fully saturated rings. The summed E-state index contributed by atoms with van der Waals surface area (Å²) in [5, 5.41) is 8.43. The molecule has 0 saturated heterocycles. The maximum absolute atomic E-state index is 8.43. The Morgan fingerprint density at radius 1 is 1.78 bits per heavy atom. The lowest BCUT2D eigenvalue weighted by molar-refractivity contribution is -0.0660. The van der Waals surface area contributed by atoms with E-state index in [4.69, 9.17) is 16.3 Å². The SMILES string of the molecule is C#C[C@H](CO)OCOC. The number of terminal acetylenes is 1. The molecule has 0 aromatic rings. The average Bonchev–Trinajstić information content (AvgIpc) is 1.91.